The van der Waals surface area contributed by atoms with Crippen molar-refractivity contribution in [3.05, 3.63) is 41.2 Å². The molecule has 0 amide bonds. The van der Waals surface area contributed by atoms with Gasteiger partial charge in [-0.2, -0.15) is 5.10 Å². The molecule has 0 aliphatic rings. The fourth-order valence-corrected chi connectivity index (χ4v) is 3.12. The molecule has 0 saturated carbocycles. The zero-order valence-electron chi connectivity index (χ0n) is 10.6. The van der Waals surface area contributed by atoms with Crippen LogP contribution in [0, 0.1) is 6.92 Å². The molecule has 1 aromatic heterocycles. The lowest BCUT2D eigenvalue weighted by molar-refractivity contribution is 0.600. The Morgan fingerprint density at radius 2 is 2.16 bits per heavy atom. The molecule has 0 fully saturated rings. The molecule has 1 aromatic carbocycles. The van der Waals surface area contributed by atoms with E-state index in [1.54, 1.807) is 35.9 Å². The van der Waals surface area contributed by atoms with Gasteiger partial charge < -0.3 is 0 Å². The third-order valence-electron chi connectivity index (χ3n) is 2.59. The number of anilines is 1. The first-order valence-corrected chi connectivity index (χ1v) is 7.61. The fraction of sp³-hybridized carbons (Fsp3) is 0.250. The van der Waals surface area contributed by atoms with E-state index >= 15 is 0 Å². The van der Waals surface area contributed by atoms with Crippen molar-refractivity contribution >= 4 is 27.3 Å². The Kier molecular flexibility index (Phi) is 3.82. The lowest BCUT2D eigenvalue weighted by Gasteiger charge is -2.07. The maximum atomic E-state index is 12.3. The van der Waals surface area contributed by atoms with E-state index < -0.39 is 10.0 Å². The van der Waals surface area contributed by atoms with Gasteiger partial charge in [0.1, 0.15) is 4.90 Å². The quantitative estimate of drug-likeness (QED) is 0.944. The van der Waals surface area contributed by atoms with Gasteiger partial charge in [-0.05, 0) is 32.0 Å². The van der Waals surface area contributed by atoms with Crippen LogP contribution in [0.15, 0.2) is 35.4 Å². The number of nitrogens with zero attached hydrogens (tertiary/aromatic N) is 2. The maximum absolute atomic E-state index is 12.3. The Labute approximate surface area is 117 Å². The summed E-state index contributed by atoms with van der Waals surface area (Å²) < 4.78 is 28.6. The molecule has 1 heterocycles. The standard InChI is InChI=1S/C12H14ClN3O2S/c1-3-16-8-12(9(2)14-16)19(17,18)15-11-6-4-5-10(13)7-11/h4-8,15H,3H2,1-2H3. The van der Waals surface area contributed by atoms with Gasteiger partial charge in [0.15, 0.2) is 0 Å². The van der Waals surface area contributed by atoms with Crippen molar-refractivity contribution in [2.45, 2.75) is 25.3 Å². The molecule has 2 rings (SSSR count). The van der Waals surface area contributed by atoms with Crippen molar-refractivity contribution in [3.8, 4) is 0 Å². The molecule has 19 heavy (non-hydrogen) atoms. The first-order chi connectivity index (χ1) is 8.92. The molecule has 0 radical (unpaired) electrons. The average molecular weight is 300 g/mol. The minimum atomic E-state index is -3.64. The summed E-state index contributed by atoms with van der Waals surface area (Å²) >= 11 is 5.83. The summed E-state index contributed by atoms with van der Waals surface area (Å²) in [5.41, 5.74) is 0.896. The van der Waals surface area contributed by atoms with Gasteiger partial charge in [0, 0.05) is 17.8 Å². The first kappa shape index (κ1) is 13.9. The Morgan fingerprint density at radius 3 is 2.74 bits per heavy atom. The SMILES string of the molecule is CCn1cc(S(=O)(=O)Nc2cccc(Cl)c2)c(C)n1. The largest absolute Gasteiger partial charge is 0.279 e. The molecular weight excluding hydrogens is 286 g/mol. The van der Waals surface area contributed by atoms with E-state index in [2.05, 4.69) is 9.82 Å². The van der Waals surface area contributed by atoms with Crippen molar-refractivity contribution in [1.29, 1.82) is 0 Å². The number of hydrogen-bond acceptors (Lipinski definition) is 3. The normalized spacial score (nSPS) is 11.5. The highest BCUT2D eigenvalue weighted by Crippen LogP contribution is 2.20. The number of rotatable bonds is 4. The van der Waals surface area contributed by atoms with Crippen LogP contribution in [0.5, 0.6) is 0 Å². The highest BCUT2D eigenvalue weighted by Gasteiger charge is 2.20. The van der Waals surface area contributed by atoms with Crippen LogP contribution in [0.4, 0.5) is 5.69 Å². The Morgan fingerprint density at radius 1 is 1.42 bits per heavy atom. The van der Waals surface area contributed by atoms with Crippen LogP contribution in [0.2, 0.25) is 5.02 Å². The zero-order chi connectivity index (χ0) is 14.0. The minimum Gasteiger partial charge on any atom is -0.279 e. The monoisotopic (exact) mass is 299 g/mol. The van der Waals surface area contributed by atoms with Crippen LogP contribution in [0.3, 0.4) is 0 Å². The highest BCUT2D eigenvalue weighted by atomic mass is 35.5. The summed E-state index contributed by atoms with van der Waals surface area (Å²) in [7, 11) is -3.64. The summed E-state index contributed by atoms with van der Waals surface area (Å²) in [6.07, 6.45) is 1.52. The van der Waals surface area contributed by atoms with Gasteiger partial charge in [-0.1, -0.05) is 17.7 Å². The van der Waals surface area contributed by atoms with E-state index in [1.165, 1.54) is 6.20 Å². The third kappa shape index (κ3) is 3.08. The van der Waals surface area contributed by atoms with E-state index in [1.807, 2.05) is 6.92 Å². The summed E-state index contributed by atoms with van der Waals surface area (Å²) in [5, 5.41) is 4.60. The Balaban J connectivity index is 2.34. The molecule has 0 unspecified atom stereocenters. The smallest absolute Gasteiger partial charge is 0.265 e. The van der Waals surface area contributed by atoms with Crippen LogP contribution in [-0.2, 0) is 16.6 Å². The Bertz CT molecular complexity index is 695. The molecule has 1 N–H and O–H groups in total. The number of hydrogen-bond donors (Lipinski definition) is 1. The van der Waals surface area contributed by atoms with Crippen molar-refractivity contribution in [1.82, 2.24) is 9.78 Å². The lowest BCUT2D eigenvalue weighted by Crippen LogP contribution is -2.13. The minimum absolute atomic E-state index is 0.175. The molecule has 2 aromatic rings. The van der Waals surface area contributed by atoms with Gasteiger partial charge in [0.2, 0.25) is 0 Å². The van der Waals surface area contributed by atoms with Gasteiger partial charge in [-0.3, -0.25) is 9.40 Å². The molecule has 0 atom stereocenters. The Hall–Kier alpha value is -1.53. The summed E-state index contributed by atoms with van der Waals surface area (Å²) in [4.78, 5) is 0.175. The fourth-order valence-electron chi connectivity index (χ4n) is 1.69. The number of aromatic nitrogens is 2. The lowest BCUT2D eigenvalue weighted by atomic mass is 10.3. The van der Waals surface area contributed by atoms with E-state index in [4.69, 9.17) is 11.6 Å². The van der Waals surface area contributed by atoms with E-state index in [-0.39, 0.29) is 4.90 Å². The number of sulfonamides is 1. The van der Waals surface area contributed by atoms with Crippen LogP contribution in [-0.4, -0.2) is 18.2 Å². The maximum Gasteiger partial charge on any atom is 0.265 e. The predicted octanol–water partition coefficient (Wildman–Crippen LogP) is 2.67. The van der Waals surface area contributed by atoms with Gasteiger partial charge in [-0.25, -0.2) is 8.42 Å². The molecule has 0 bridgehead atoms. The molecule has 0 aliphatic heterocycles. The van der Waals surface area contributed by atoms with E-state index in [0.29, 0.717) is 22.9 Å². The van der Waals surface area contributed by atoms with Crippen molar-refractivity contribution < 1.29 is 8.42 Å². The molecule has 5 nitrogen and oxygen atoms in total. The number of benzene rings is 1. The third-order valence-corrected chi connectivity index (χ3v) is 4.31. The molecule has 0 aliphatic carbocycles. The van der Waals surface area contributed by atoms with Gasteiger partial charge in [0.25, 0.3) is 10.0 Å². The van der Waals surface area contributed by atoms with Gasteiger partial charge >= 0.3 is 0 Å². The predicted molar refractivity (Wildman–Crippen MR) is 74.9 cm³/mol. The summed E-state index contributed by atoms with van der Waals surface area (Å²) in [5.74, 6) is 0. The topological polar surface area (TPSA) is 64.0 Å². The summed E-state index contributed by atoms with van der Waals surface area (Å²) in [6, 6.07) is 6.56. The second kappa shape index (κ2) is 5.22. The second-order valence-electron chi connectivity index (χ2n) is 4.05. The van der Waals surface area contributed by atoms with Crippen LogP contribution < -0.4 is 4.72 Å². The molecular formula is C12H14ClN3O2S. The van der Waals surface area contributed by atoms with Gasteiger partial charge in [0.05, 0.1) is 11.4 Å². The van der Waals surface area contributed by atoms with Gasteiger partial charge in [-0.15, -0.1) is 0 Å². The zero-order valence-corrected chi connectivity index (χ0v) is 12.2. The van der Waals surface area contributed by atoms with Crippen LogP contribution in [0.1, 0.15) is 12.6 Å². The second-order valence-corrected chi connectivity index (χ2v) is 6.14. The number of aryl methyl sites for hydroxylation is 2. The molecule has 102 valence electrons. The number of halogens is 1. The van der Waals surface area contributed by atoms with Crippen LogP contribution in [0.25, 0.3) is 0 Å². The van der Waals surface area contributed by atoms with Crippen molar-refractivity contribution in [3.63, 3.8) is 0 Å². The first-order valence-electron chi connectivity index (χ1n) is 5.75. The highest BCUT2D eigenvalue weighted by molar-refractivity contribution is 7.92. The van der Waals surface area contributed by atoms with E-state index in [0.717, 1.165) is 0 Å². The molecule has 7 heteroatoms. The van der Waals surface area contributed by atoms with Crippen molar-refractivity contribution in [2.24, 2.45) is 0 Å². The van der Waals surface area contributed by atoms with Crippen molar-refractivity contribution in [2.75, 3.05) is 4.72 Å². The number of nitrogens with one attached hydrogen (secondary N) is 1. The average Bonchev–Trinajstić information content (AvgIpc) is 2.71. The van der Waals surface area contributed by atoms with Crippen LogP contribution >= 0.6 is 11.6 Å². The molecule has 0 spiro atoms. The van der Waals surface area contributed by atoms with E-state index in [9.17, 15) is 8.42 Å². The summed E-state index contributed by atoms with van der Waals surface area (Å²) in [6.45, 7) is 4.18. The molecule has 0 saturated heterocycles.